The molecule has 0 saturated carbocycles. The fourth-order valence-electron chi connectivity index (χ4n) is 4.02. The highest BCUT2D eigenvalue weighted by molar-refractivity contribution is 5.94. The van der Waals surface area contributed by atoms with Gasteiger partial charge in [-0.15, -0.1) is 0 Å². The van der Waals surface area contributed by atoms with Crippen LogP contribution in [-0.4, -0.2) is 70.5 Å². The van der Waals surface area contributed by atoms with Gasteiger partial charge in [-0.05, 0) is 17.7 Å². The topological polar surface area (TPSA) is 77.9 Å². The molecule has 1 aromatic carbocycles. The minimum Gasteiger partial charge on any atom is -0.349 e. The van der Waals surface area contributed by atoms with E-state index in [1.807, 2.05) is 35.0 Å². The SMILES string of the molecule is CN1CN(Cc2ccccc2)CN(CC(=O)CC2CNC(=O)c3cccn32)C1=O. The quantitative estimate of drug-likeness (QED) is 0.804. The highest BCUT2D eigenvalue weighted by Crippen LogP contribution is 2.20. The molecule has 4 rings (SSSR count). The van der Waals surface area contributed by atoms with Gasteiger partial charge in [0.2, 0.25) is 0 Å². The molecule has 8 nitrogen and oxygen atoms in total. The summed E-state index contributed by atoms with van der Waals surface area (Å²) >= 11 is 0. The number of hydrogen-bond acceptors (Lipinski definition) is 4. The van der Waals surface area contributed by atoms with E-state index in [2.05, 4.69) is 22.3 Å². The number of ketones is 1. The maximum Gasteiger partial charge on any atom is 0.322 e. The Labute approximate surface area is 169 Å². The third kappa shape index (κ3) is 4.17. The fourth-order valence-corrected chi connectivity index (χ4v) is 4.02. The van der Waals surface area contributed by atoms with Gasteiger partial charge < -0.3 is 19.7 Å². The molecule has 2 aromatic rings. The van der Waals surface area contributed by atoms with E-state index in [1.165, 1.54) is 5.56 Å². The van der Waals surface area contributed by atoms with Gasteiger partial charge in [0.15, 0.2) is 5.78 Å². The number of nitrogens with one attached hydrogen (secondary N) is 1. The van der Waals surface area contributed by atoms with Crippen LogP contribution in [0.15, 0.2) is 48.7 Å². The number of amides is 3. The van der Waals surface area contributed by atoms with Crippen LogP contribution < -0.4 is 5.32 Å². The molecule has 152 valence electrons. The largest absolute Gasteiger partial charge is 0.349 e. The van der Waals surface area contributed by atoms with Crippen LogP contribution in [0.25, 0.3) is 0 Å². The van der Waals surface area contributed by atoms with Crippen molar-refractivity contribution in [2.75, 3.05) is 33.5 Å². The first-order valence-electron chi connectivity index (χ1n) is 9.74. The lowest BCUT2D eigenvalue weighted by Gasteiger charge is -2.40. The Morgan fingerprint density at radius 3 is 2.69 bits per heavy atom. The maximum absolute atomic E-state index is 12.8. The van der Waals surface area contributed by atoms with Crippen molar-refractivity contribution in [3.8, 4) is 0 Å². The summed E-state index contributed by atoms with van der Waals surface area (Å²) in [6.07, 6.45) is 2.10. The number of carbonyl (C=O) groups is 3. The summed E-state index contributed by atoms with van der Waals surface area (Å²) in [5.74, 6) is -0.141. The van der Waals surface area contributed by atoms with Crippen LogP contribution in [0.4, 0.5) is 4.79 Å². The average molecular weight is 395 g/mol. The number of nitrogens with zero attached hydrogens (tertiary/aromatic N) is 4. The molecule has 3 amide bonds. The summed E-state index contributed by atoms with van der Waals surface area (Å²) in [7, 11) is 1.75. The molecule has 1 aromatic heterocycles. The normalized spacial score (nSPS) is 19.8. The van der Waals surface area contributed by atoms with Crippen LogP contribution in [0.5, 0.6) is 0 Å². The highest BCUT2D eigenvalue weighted by Gasteiger charge is 2.31. The first-order chi connectivity index (χ1) is 14.0. The molecular formula is C21H25N5O3. The van der Waals surface area contributed by atoms with Gasteiger partial charge in [-0.3, -0.25) is 14.5 Å². The summed E-state index contributed by atoms with van der Waals surface area (Å²) in [4.78, 5) is 42.5. The monoisotopic (exact) mass is 395 g/mol. The lowest BCUT2D eigenvalue weighted by Crippen LogP contribution is -2.57. The Hall–Kier alpha value is -3.13. The zero-order valence-corrected chi connectivity index (χ0v) is 16.5. The fraction of sp³-hybridized carbons (Fsp3) is 0.381. The lowest BCUT2D eigenvalue weighted by molar-refractivity contribution is -0.121. The van der Waals surface area contributed by atoms with E-state index in [1.54, 1.807) is 22.9 Å². The molecule has 1 saturated heterocycles. The predicted octanol–water partition coefficient (Wildman–Crippen LogP) is 1.52. The number of aromatic nitrogens is 1. The maximum atomic E-state index is 12.8. The molecule has 3 heterocycles. The van der Waals surface area contributed by atoms with Crippen molar-refractivity contribution in [1.82, 2.24) is 24.6 Å². The summed E-state index contributed by atoms with van der Waals surface area (Å²) < 4.78 is 1.85. The molecule has 1 atom stereocenters. The van der Waals surface area contributed by atoms with Gasteiger partial charge >= 0.3 is 6.03 Å². The Morgan fingerprint density at radius 1 is 1.10 bits per heavy atom. The van der Waals surface area contributed by atoms with E-state index in [4.69, 9.17) is 0 Å². The number of benzene rings is 1. The second-order valence-corrected chi connectivity index (χ2v) is 7.68. The van der Waals surface area contributed by atoms with Gasteiger partial charge in [0.25, 0.3) is 5.91 Å². The highest BCUT2D eigenvalue weighted by atomic mass is 16.2. The first-order valence-corrected chi connectivity index (χ1v) is 9.74. The summed E-state index contributed by atoms with van der Waals surface area (Å²) in [5, 5.41) is 2.82. The third-order valence-electron chi connectivity index (χ3n) is 5.36. The van der Waals surface area contributed by atoms with E-state index in [-0.39, 0.29) is 36.7 Å². The second-order valence-electron chi connectivity index (χ2n) is 7.68. The van der Waals surface area contributed by atoms with E-state index in [0.717, 1.165) is 0 Å². The van der Waals surface area contributed by atoms with E-state index in [0.29, 0.717) is 32.1 Å². The van der Waals surface area contributed by atoms with Gasteiger partial charge in [0.1, 0.15) is 5.69 Å². The Morgan fingerprint density at radius 2 is 1.90 bits per heavy atom. The number of carbonyl (C=O) groups excluding carboxylic acids is 3. The molecule has 1 N–H and O–H groups in total. The van der Waals surface area contributed by atoms with Crippen molar-refractivity contribution < 1.29 is 14.4 Å². The number of hydrogen-bond donors (Lipinski definition) is 1. The van der Waals surface area contributed by atoms with Crippen molar-refractivity contribution in [2.24, 2.45) is 0 Å². The van der Waals surface area contributed by atoms with Gasteiger partial charge in [0.05, 0.1) is 25.9 Å². The van der Waals surface area contributed by atoms with Gasteiger partial charge in [0, 0.05) is 32.8 Å². The Kier molecular flexibility index (Phi) is 5.35. The van der Waals surface area contributed by atoms with Crippen LogP contribution in [0, 0.1) is 0 Å². The molecule has 0 spiro atoms. The van der Waals surface area contributed by atoms with Crippen LogP contribution in [-0.2, 0) is 11.3 Å². The van der Waals surface area contributed by atoms with Crippen molar-refractivity contribution in [1.29, 1.82) is 0 Å². The van der Waals surface area contributed by atoms with E-state index in [9.17, 15) is 14.4 Å². The molecule has 0 aliphatic carbocycles. The summed E-state index contributed by atoms with van der Waals surface area (Å²) in [6, 6.07) is 13.4. The van der Waals surface area contributed by atoms with Crippen molar-refractivity contribution in [3.05, 3.63) is 59.9 Å². The lowest BCUT2D eigenvalue weighted by atomic mass is 10.1. The summed E-state index contributed by atoms with van der Waals surface area (Å²) in [5.41, 5.74) is 1.73. The van der Waals surface area contributed by atoms with Crippen LogP contribution >= 0.6 is 0 Å². The number of Topliss-reactive ketones (excluding diaryl/α,β-unsaturated/α-hetero) is 1. The second kappa shape index (κ2) is 8.08. The first kappa shape index (κ1) is 19.2. The molecule has 2 aliphatic rings. The van der Waals surface area contributed by atoms with Crippen LogP contribution in [0.3, 0.4) is 0 Å². The number of rotatable bonds is 6. The average Bonchev–Trinajstić information content (AvgIpc) is 3.20. The van der Waals surface area contributed by atoms with Crippen molar-refractivity contribution in [3.63, 3.8) is 0 Å². The van der Waals surface area contributed by atoms with Gasteiger partial charge in [-0.2, -0.15) is 0 Å². The smallest absolute Gasteiger partial charge is 0.322 e. The molecule has 0 radical (unpaired) electrons. The van der Waals surface area contributed by atoms with Gasteiger partial charge in [-0.1, -0.05) is 30.3 Å². The predicted molar refractivity (Wildman–Crippen MR) is 107 cm³/mol. The molecule has 29 heavy (non-hydrogen) atoms. The Bertz CT molecular complexity index is 910. The van der Waals surface area contributed by atoms with E-state index < -0.39 is 0 Å². The molecule has 1 fully saturated rings. The van der Waals surface area contributed by atoms with Gasteiger partial charge in [-0.25, -0.2) is 4.79 Å². The third-order valence-corrected chi connectivity index (χ3v) is 5.36. The molecule has 8 heteroatoms. The number of fused-ring (bicyclic) bond motifs is 1. The van der Waals surface area contributed by atoms with Crippen LogP contribution in [0.1, 0.15) is 28.5 Å². The van der Waals surface area contributed by atoms with Crippen molar-refractivity contribution >= 4 is 17.7 Å². The summed E-state index contributed by atoms with van der Waals surface area (Å²) in [6.45, 7) is 2.14. The molecular weight excluding hydrogens is 370 g/mol. The standard InChI is InChI=1S/C21H25N5O3/c1-23-14-24(12-16-6-3-2-4-7-16)15-25(21(23)29)13-18(27)10-17-11-22-20(28)19-8-5-9-26(17)19/h2-9,17H,10-15H2,1H3,(H,22,28). The molecule has 1 unspecified atom stereocenters. The molecule has 0 bridgehead atoms. The Balaban J connectivity index is 1.38. The minimum atomic E-state index is -0.138. The number of urea groups is 1. The van der Waals surface area contributed by atoms with E-state index >= 15 is 0 Å². The zero-order valence-electron chi connectivity index (χ0n) is 16.5. The van der Waals surface area contributed by atoms with Crippen LogP contribution in [0.2, 0.25) is 0 Å². The zero-order chi connectivity index (χ0) is 20.4. The van der Waals surface area contributed by atoms with Crippen molar-refractivity contribution in [2.45, 2.75) is 19.0 Å². The minimum absolute atomic E-state index is 0.0193. The molecule has 2 aliphatic heterocycles.